The summed E-state index contributed by atoms with van der Waals surface area (Å²) in [7, 11) is 1.77. The van der Waals surface area contributed by atoms with Gasteiger partial charge in [0.1, 0.15) is 0 Å². The second kappa shape index (κ2) is 8.33. The molecule has 0 radical (unpaired) electrons. The smallest absolute Gasteiger partial charge is 0.0640 e. The molecule has 0 saturated heterocycles. The van der Waals surface area contributed by atoms with Crippen molar-refractivity contribution in [2.24, 2.45) is 0 Å². The summed E-state index contributed by atoms with van der Waals surface area (Å²) in [6.07, 6.45) is 5.46. The van der Waals surface area contributed by atoms with Crippen molar-refractivity contribution in [1.29, 1.82) is 0 Å². The molecule has 0 saturated carbocycles. The SMILES string of the molecule is CCNC(Cc1ccn(C(C)CC)n1)CC(C)OC. The van der Waals surface area contributed by atoms with Gasteiger partial charge >= 0.3 is 0 Å². The minimum atomic E-state index is 0.278. The number of hydrogen-bond acceptors (Lipinski definition) is 3. The normalized spacial score (nSPS) is 16.3. The number of methoxy groups -OCH3 is 1. The first-order chi connectivity index (χ1) is 9.10. The lowest BCUT2D eigenvalue weighted by Gasteiger charge is -2.20. The third-order valence-electron chi connectivity index (χ3n) is 3.67. The summed E-state index contributed by atoms with van der Waals surface area (Å²) in [4.78, 5) is 0. The van der Waals surface area contributed by atoms with Crippen LogP contribution in [0.4, 0.5) is 0 Å². The molecule has 0 aromatic carbocycles. The highest BCUT2D eigenvalue weighted by Gasteiger charge is 2.14. The molecule has 1 heterocycles. The molecule has 0 aliphatic rings. The lowest BCUT2D eigenvalue weighted by atomic mass is 10.0. The summed E-state index contributed by atoms with van der Waals surface area (Å²) < 4.78 is 7.43. The largest absolute Gasteiger partial charge is 0.382 e. The van der Waals surface area contributed by atoms with E-state index in [2.05, 4.69) is 55.1 Å². The highest BCUT2D eigenvalue weighted by molar-refractivity contribution is 5.02. The van der Waals surface area contributed by atoms with E-state index >= 15 is 0 Å². The van der Waals surface area contributed by atoms with Gasteiger partial charge in [-0.3, -0.25) is 4.68 Å². The van der Waals surface area contributed by atoms with Crippen molar-refractivity contribution >= 4 is 0 Å². The predicted molar refractivity (Wildman–Crippen MR) is 79.5 cm³/mol. The average Bonchev–Trinajstić information content (AvgIpc) is 2.86. The van der Waals surface area contributed by atoms with Crippen LogP contribution in [0.5, 0.6) is 0 Å². The summed E-state index contributed by atoms with van der Waals surface area (Å²) in [5.74, 6) is 0. The van der Waals surface area contributed by atoms with E-state index in [1.807, 2.05) is 0 Å². The summed E-state index contributed by atoms with van der Waals surface area (Å²) in [6, 6.07) is 3.04. The van der Waals surface area contributed by atoms with Gasteiger partial charge in [0.05, 0.1) is 11.8 Å². The van der Waals surface area contributed by atoms with Crippen LogP contribution in [-0.2, 0) is 11.2 Å². The molecule has 1 aromatic rings. The van der Waals surface area contributed by atoms with Crippen LogP contribution in [0.15, 0.2) is 12.3 Å². The first-order valence-electron chi connectivity index (χ1n) is 7.40. The van der Waals surface area contributed by atoms with Crippen LogP contribution >= 0.6 is 0 Å². The number of nitrogens with one attached hydrogen (secondary N) is 1. The van der Waals surface area contributed by atoms with E-state index in [0.717, 1.165) is 31.5 Å². The van der Waals surface area contributed by atoms with E-state index in [4.69, 9.17) is 4.74 Å². The van der Waals surface area contributed by atoms with Gasteiger partial charge in [0.25, 0.3) is 0 Å². The van der Waals surface area contributed by atoms with E-state index in [9.17, 15) is 0 Å². The first-order valence-corrected chi connectivity index (χ1v) is 7.40. The Morgan fingerprint density at radius 2 is 2.11 bits per heavy atom. The number of nitrogens with zero attached hydrogens (tertiary/aromatic N) is 2. The third-order valence-corrected chi connectivity index (χ3v) is 3.67. The standard InChI is InChI=1S/C15H29N3O/c1-6-12(3)18-9-8-14(17-18)11-15(16-7-2)10-13(4)19-5/h8-9,12-13,15-16H,6-7,10-11H2,1-5H3. The van der Waals surface area contributed by atoms with Crippen molar-refractivity contribution in [1.82, 2.24) is 15.1 Å². The summed E-state index contributed by atoms with van der Waals surface area (Å²) in [5.41, 5.74) is 1.16. The first kappa shape index (κ1) is 16.2. The molecule has 3 unspecified atom stereocenters. The number of aromatic nitrogens is 2. The van der Waals surface area contributed by atoms with Crippen molar-refractivity contribution in [3.63, 3.8) is 0 Å². The van der Waals surface area contributed by atoms with Gasteiger partial charge in [0.15, 0.2) is 0 Å². The Labute approximate surface area is 117 Å². The molecule has 1 N–H and O–H groups in total. The zero-order valence-electron chi connectivity index (χ0n) is 13.0. The zero-order chi connectivity index (χ0) is 14.3. The molecule has 1 aromatic heterocycles. The molecule has 0 fully saturated rings. The summed E-state index contributed by atoms with van der Waals surface area (Å²) in [5, 5.41) is 8.19. The molecular weight excluding hydrogens is 238 g/mol. The van der Waals surface area contributed by atoms with Gasteiger partial charge in [0, 0.05) is 31.8 Å². The topological polar surface area (TPSA) is 39.1 Å². The van der Waals surface area contributed by atoms with Gasteiger partial charge in [-0.25, -0.2) is 0 Å². The summed E-state index contributed by atoms with van der Waals surface area (Å²) >= 11 is 0. The third kappa shape index (κ3) is 5.33. The number of hydrogen-bond donors (Lipinski definition) is 1. The van der Waals surface area contributed by atoms with E-state index in [-0.39, 0.29) is 6.10 Å². The van der Waals surface area contributed by atoms with Crippen molar-refractivity contribution in [3.05, 3.63) is 18.0 Å². The lowest BCUT2D eigenvalue weighted by Crippen LogP contribution is -2.34. The zero-order valence-corrected chi connectivity index (χ0v) is 13.0. The molecule has 19 heavy (non-hydrogen) atoms. The number of likely N-dealkylation sites (N-methyl/N-ethyl adjacent to an activating group) is 1. The molecule has 0 amide bonds. The Morgan fingerprint density at radius 1 is 1.37 bits per heavy atom. The molecule has 1 rings (SSSR count). The van der Waals surface area contributed by atoms with E-state index in [1.54, 1.807) is 7.11 Å². The quantitative estimate of drug-likeness (QED) is 0.748. The van der Waals surface area contributed by atoms with Crippen LogP contribution < -0.4 is 5.32 Å². The highest BCUT2D eigenvalue weighted by atomic mass is 16.5. The molecule has 4 nitrogen and oxygen atoms in total. The molecule has 0 spiro atoms. The maximum atomic E-state index is 5.36. The number of ether oxygens (including phenoxy) is 1. The van der Waals surface area contributed by atoms with Gasteiger partial charge in [-0.15, -0.1) is 0 Å². The monoisotopic (exact) mass is 267 g/mol. The Morgan fingerprint density at radius 3 is 2.68 bits per heavy atom. The van der Waals surface area contributed by atoms with Gasteiger partial charge in [-0.2, -0.15) is 5.10 Å². The van der Waals surface area contributed by atoms with Crippen molar-refractivity contribution in [2.75, 3.05) is 13.7 Å². The van der Waals surface area contributed by atoms with Crippen LogP contribution in [0, 0.1) is 0 Å². The Balaban J connectivity index is 2.60. The van der Waals surface area contributed by atoms with E-state index < -0.39 is 0 Å². The predicted octanol–water partition coefficient (Wildman–Crippen LogP) is 2.80. The van der Waals surface area contributed by atoms with Crippen LogP contribution in [0.1, 0.15) is 52.3 Å². The molecular formula is C15H29N3O. The van der Waals surface area contributed by atoms with Crippen LogP contribution in [0.3, 0.4) is 0 Å². The minimum Gasteiger partial charge on any atom is -0.382 e. The lowest BCUT2D eigenvalue weighted by molar-refractivity contribution is 0.100. The Hall–Kier alpha value is -0.870. The average molecular weight is 267 g/mol. The molecule has 3 atom stereocenters. The molecule has 4 heteroatoms. The van der Waals surface area contributed by atoms with Gasteiger partial charge in [-0.05, 0) is 39.3 Å². The van der Waals surface area contributed by atoms with Crippen molar-refractivity contribution in [2.45, 2.75) is 65.1 Å². The maximum absolute atomic E-state index is 5.36. The molecule has 0 aliphatic heterocycles. The Bertz CT molecular complexity index is 351. The van der Waals surface area contributed by atoms with Crippen molar-refractivity contribution < 1.29 is 4.74 Å². The van der Waals surface area contributed by atoms with E-state index in [0.29, 0.717) is 12.1 Å². The fraction of sp³-hybridized carbons (Fsp3) is 0.800. The second-order valence-corrected chi connectivity index (χ2v) is 5.29. The summed E-state index contributed by atoms with van der Waals surface area (Å²) in [6.45, 7) is 9.62. The van der Waals surface area contributed by atoms with Gasteiger partial charge in [0.2, 0.25) is 0 Å². The van der Waals surface area contributed by atoms with Crippen LogP contribution in [-0.4, -0.2) is 35.6 Å². The van der Waals surface area contributed by atoms with Crippen LogP contribution in [0.2, 0.25) is 0 Å². The fourth-order valence-corrected chi connectivity index (χ4v) is 2.20. The fourth-order valence-electron chi connectivity index (χ4n) is 2.20. The second-order valence-electron chi connectivity index (χ2n) is 5.29. The van der Waals surface area contributed by atoms with E-state index in [1.165, 1.54) is 0 Å². The number of rotatable bonds is 9. The van der Waals surface area contributed by atoms with Gasteiger partial charge in [-0.1, -0.05) is 13.8 Å². The maximum Gasteiger partial charge on any atom is 0.0640 e. The highest BCUT2D eigenvalue weighted by Crippen LogP contribution is 2.12. The van der Waals surface area contributed by atoms with Crippen molar-refractivity contribution in [3.8, 4) is 0 Å². The molecule has 0 aliphatic carbocycles. The van der Waals surface area contributed by atoms with Crippen LogP contribution in [0.25, 0.3) is 0 Å². The Kier molecular flexibility index (Phi) is 7.10. The molecule has 0 bridgehead atoms. The van der Waals surface area contributed by atoms with Gasteiger partial charge < -0.3 is 10.1 Å². The minimum absolute atomic E-state index is 0.278. The molecule has 110 valence electrons.